The lowest BCUT2D eigenvalue weighted by Gasteiger charge is -2.24. The molecule has 1 spiro atoms. The molecule has 0 radical (unpaired) electrons. The number of amides is 2. The number of para-hydroxylation sites is 2. The number of hydrogen-bond acceptors (Lipinski definition) is 4. The standard InChI is InChI=1S/C21H16N2O4/c1-2-11-23-14-9-5-4-8-13(14)21(20(23)26)16-17(24)12-7-3-6-10-15(12)27-18(16)19(25)22-21/h3-10H,2,11H2,1H3,(H,22,25). The molecule has 1 atom stereocenters. The van der Waals surface area contributed by atoms with Crippen LogP contribution >= 0.6 is 0 Å². The Morgan fingerprint density at radius 1 is 1.04 bits per heavy atom. The Hall–Kier alpha value is -3.41. The van der Waals surface area contributed by atoms with Crippen LogP contribution in [0.2, 0.25) is 0 Å². The Morgan fingerprint density at radius 2 is 1.78 bits per heavy atom. The predicted octanol–water partition coefficient (Wildman–Crippen LogP) is 2.54. The van der Waals surface area contributed by atoms with E-state index in [1.165, 1.54) is 0 Å². The largest absolute Gasteiger partial charge is 0.450 e. The minimum absolute atomic E-state index is 0.0831. The van der Waals surface area contributed by atoms with E-state index in [2.05, 4.69) is 5.32 Å². The van der Waals surface area contributed by atoms with Gasteiger partial charge in [0.1, 0.15) is 5.58 Å². The summed E-state index contributed by atoms with van der Waals surface area (Å²) < 4.78 is 5.76. The molecule has 2 aromatic carbocycles. The van der Waals surface area contributed by atoms with Crippen LogP contribution < -0.4 is 15.6 Å². The van der Waals surface area contributed by atoms with Crippen molar-refractivity contribution in [2.45, 2.75) is 18.9 Å². The summed E-state index contributed by atoms with van der Waals surface area (Å²) in [6.07, 6.45) is 0.753. The molecule has 0 saturated carbocycles. The van der Waals surface area contributed by atoms with Crippen LogP contribution in [0.25, 0.3) is 11.0 Å². The quantitative estimate of drug-likeness (QED) is 0.762. The van der Waals surface area contributed by atoms with Crippen molar-refractivity contribution in [1.29, 1.82) is 0 Å². The number of rotatable bonds is 2. The number of hydrogen-bond donors (Lipinski definition) is 1. The van der Waals surface area contributed by atoms with E-state index >= 15 is 0 Å². The second kappa shape index (κ2) is 5.30. The normalized spacial score (nSPS) is 20.3. The van der Waals surface area contributed by atoms with Gasteiger partial charge in [-0.15, -0.1) is 0 Å². The first-order valence-electron chi connectivity index (χ1n) is 8.90. The predicted molar refractivity (Wildman–Crippen MR) is 99.8 cm³/mol. The van der Waals surface area contributed by atoms with Gasteiger partial charge in [0, 0.05) is 12.1 Å². The van der Waals surface area contributed by atoms with E-state index < -0.39 is 11.4 Å². The third kappa shape index (κ3) is 1.82. The van der Waals surface area contributed by atoms with Gasteiger partial charge >= 0.3 is 0 Å². The zero-order valence-corrected chi connectivity index (χ0v) is 14.6. The van der Waals surface area contributed by atoms with E-state index in [1.54, 1.807) is 41.3 Å². The van der Waals surface area contributed by atoms with Crippen molar-refractivity contribution < 1.29 is 14.0 Å². The molecule has 2 aliphatic rings. The van der Waals surface area contributed by atoms with Gasteiger partial charge in [-0.25, -0.2) is 0 Å². The molecule has 27 heavy (non-hydrogen) atoms. The molecule has 3 aromatic rings. The molecule has 0 saturated heterocycles. The van der Waals surface area contributed by atoms with Crippen LogP contribution in [-0.2, 0) is 10.3 Å². The van der Waals surface area contributed by atoms with Crippen LogP contribution in [-0.4, -0.2) is 18.4 Å². The number of nitrogens with one attached hydrogen (secondary N) is 1. The molecule has 1 aromatic heterocycles. The van der Waals surface area contributed by atoms with E-state index in [1.807, 2.05) is 19.1 Å². The highest BCUT2D eigenvalue weighted by atomic mass is 16.3. The van der Waals surface area contributed by atoms with Crippen molar-refractivity contribution >= 4 is 28.5 Å². The van der Waals surface area contributed by atoms with Gasteiger partial charge in [-0.05, 0) is 24.6 Å². The number of anilines is 1. The second-order valence-corrected chi connectivity index (χ2v) is 6.81. The molecule has 134 valence electrons. The van der Waals surface area contributed by atoms with Crippen LogP contribution in [0.5, 0.6) is 0 Å². The molecule has 2 amide bonds. The number of nitrogens with zero attached hydrogens (tertiary/aromatic N) is 1. The van der Waals surface area contributed by atoms with Gasteiger partial charge in [0.2, 0.25) is 5.76 Å². The van der Waals surface area contributed by atoms with Crippen LogP contribution in [0.4, 0.5) is 5.69 Å². The van der Waals surface area contributed by atoms with Gasteiger partial charge in [-0.1, -0.05) is 37.3 Å². The third-order valence-electron chi connectivity index (χ3n) is 5.29. The summed E-state index contributed by atoms with van der Waals surface area (Å²) in [4.78, 5) is 41.2. The first kappa shape index (κ1) is 15.8. The molecule has 0 bridgehead atoms. The minimum Gasteiger partial charge on any atom is -0.450 e. The molecular weight excluding hydrogens is 344 g/mol. The van der Waals surface area contributed by atoms with Crippen molar-refractivity contribution in [3.63, 3.8) is 0 Å². The van der Waals surface area contributed by atoms with Crippen LogP contribution in [0.1, 0.15) is 35.0 Å². The highest BCUT2D eigenvalue weighted by Crippen LogP contribution is 2.47. The average molecular weight is 360 g/mol. The lowest BCUT2D eigenvalue weighted by molar-refractivity contribution is -0.122. The van der Waals surface area contributed by atoms with Gasteiger partial charge in [-0.3, -0.25) is 14.4 Å². The maximum Gasteiger partial charge on any atom is 0.288 e. The van der Waals surface area contributed by atoms with Crippen LogP contribution in [0.15, 0.2) is 57.7 Å². The molecule has 6 heteroatoms. The summed E-state index contributed by atoms with van der Waals surface area (Å²) in [6.45, 7) is 2.48. The van der Waals surface area contributed by atoms with E-state index in [0.29, 0.717) is 28.8 Å². The van der Waals surface area contributed by atoms with Crippen molar-refractivity contribution in [3.8, 4) is 0 Å². The maximum absolute atomic E-state index is 13.5. The molecule has 5 rings (SSSR count). The molecule has 6 nitrogen and oxygen atoms in total. The van der Waals surface area contributed by atoms with Crippen molar-refractivity contribution in [3.05, 3.63) is 75.6 Å². The van der Waals surface area contributed by atoms with Crippen molar-refractivity contribution in [1.82, 2.24) is 5.32 Å². The third-order valence-corrected chi connectivity index (χ3v) is 5.29. The fourth-order valence-electron chi connectivity index (χ4n) is 4.19. The molecule has 1 N–H and O–H groups in total. The summed E-state index contributed by atoms with van der Waals surface area (Å²) in [6, 6.07) is 14.0. The summed E-state index contributed by atoms with van der Waals surface area (Å²) in [5.74, 6) is -0.949. The SMILES string of the molecule is CCCN1C(=O)C2(NC(=O)c3oc4ccccc4c(=O)c32)c2ccccc21. The second-order valence-electron chi connectivity index (χ2n) is 6.81. The Labute approximate surface area is 154 Å². The summed E-state index contributed by atoms with van der Waals surface area (Å²) in [7, 11) is 0. The van der Waals surface area contributed by atoms with Gasteiger partial charge in [-0.2, -0.15) is 0 Å². The Balaban J connectivity index is 1.89. The molecule has 0 aliphatic carbocycles. The summed E-state index contributed by atoms with van der Waals surface area (Å²) in [5.41, 5.74) is -0.141. The zero-order chi connectivity index (χ0) is 18.8. The first-order chi connectivity index (χ1) is 13.1. The van der Waals surface area contributed by atoms with E-state index in [0.717, 1.165) is 6.42 Å². The van der Waals surface area contributed by atoms with Gasteiger partial charge in [0.05, 0.1) is 16.6 Å². The number of benzene rings is 2. The number of carbonyl (C=O) groups is 2. The van der Waals surface area contributed by atoms with E-state index in [-0.39, 0.29) is 22.7 Å². The number of fused-ring (bicyclic) bond motifs is 5. The summed E-state index contributed by atoms with van der Waals surface area (Å²) >= 11 is 0. The van der Waals surface area contributed by atoms with Gasteiger partial charge in [0.25, 0.3) is 11.8 Å². The molecular formula is C21H16N2O4. The molecule has 1 unspecified atom stereocenters. The van der Waals surface area contributed by atoms with Crippen molar-refractivity contribution in [2.24, 2.45) is 0 Å². The average Bonchev–Trinajstić information content (AvgIpc) is 3.11. The van der Waals surface area contributed by atoms with Crippen LogP contribution in [0.3, 0.4) is 0 Å². The highest BCUT2D eigenvalue weighted by molar-refractivity contribution is 6.17. The monoisotopic (exact) mass is 360 g/mol. The fourth-order valence-corrected chi connectivity index (χ4v) is 4.19. The van der Waals surface area contributed by atoms with Gasteiger partial charge < -0.3 is 14.6 Å². The maximum atomic E-state index is 13.5. The topological polar surface area (TPSA) is 79.6 Å². The molecule has 0 fully saturated rings. The van der Waals surface area contributed by atoms with Gasteiger partial charge in [0.15, 0.2) is 11.0 Å². The Bertz CT molecular complexity index is 1200. The lowest BCUT2D eigenvalue weighted by atomic mass is 9.85. The Kier molecular flexibility index (Phi) is 3.10. The fraction of sp³-hybridized carbons (Fsp3) is 0.190. The smallest absolute Gasteiger partial charge is 0.288 e. The summed E-state index contributed by atoms with van der Waals surface area (Å²) in [5, 5.41) is 3.13. The van der Waals surface area contributed by atoms with Crippen molar-refractivity contribution in [2.75, 3.05) is 11.4 Å². The first-order valence-corrected chi connectivity index (χ1v) is 8.90. The number of carbonyl (C=O) groups excluding carboxylic acids is 2. The molecule has 2 aliphatic heterocycles. The zero-order valence-electron chi connectivity index (χ0n) is 14.6. The van der Waals surface area contributed by atoms with E-state index in [9.17, 15) is 14.4 Å². The Morgan fingerprint density at radius 3 is 2.59 bits per heavy atom. The molecule has 3 heterocycles. The highest BCUT2D eigenvalue weighted by Gasteiger charge is 2.60. The van der Waals surface area contributed by atoms with E-state index in [4.69, 9.17) is 4.42 Å². The van der Waals surface area contributed by atoms with Crippen LogP contribution in [0, 0.1) is 0 Å². The minimum atomic E-state index is -1.53. The lowest BCUT2D eigenvalue weighted by Crippen LogP contribution is -2.51.